The Bertz CT molecular complexity index is 939. The average molecular weight is 420 g/mol. The summed E-state index contributed by atoms with van der Waals surface area (Å²) in [5, 5.41) is 2.98. The molecule has 1 aromatic carbocycles. The molecule has 1 fully saturated rings. The van der Waals surface area contributed by atoms with Gasteiger partial charge in [0.05, 0.1) is 24.5 Å². The van der Waals surface area contributed by atoms with E-state index in [9.17, 15) is 14.0 Å². The van der Waals surface area contributed by atoms with Gasteiger partial charge in [0.25, 0.3) is 11.8 Å². The zero-order valence-corrected chi connectivity index (χ0v) is 17.0. The Hall–Kier alpha value is -2.38. The Labute approximate surface area is 173 Å². The van der Waals surface area contributed by atoms with Gasteiger partial charge in [0.2, 0.25) is 0 Å². The zero-order chi connectivity index (χ0) is 20.5. The van der Waals surface area contributed by atoms with Crippen LogP contribution in [0.3, 0.4) is 0 Å². The predicted molar refractivity (Wildman–Crippen MR) is 106 cm³/mol. The lowest BCUT2D eigenvalue weighted by Gasteiger charge is -2.24. The SMILES string of the molecule is C[C@H]1CCCN1C(=O)c1cc(C(=O)NCc2c(F)cccc2Cl)c2n1CCOC2. The highest BCUT2D eigenvalue weighted by atomic mass is 35.5. The molecule has 0 radical (unpaired) electrons. The fourth-order valence-electron chi connectivity index (χ4n) is 4.05. The number of aromatic nitrogens is 1. The Kier molecular flexibility index (Phi) is 5.61. The maximum atomic E-state index is 14.0. The standard InChI is InChI=1S/C21H23ClFN3O3/c1-13-4-3-7-25(13)21(28)18-10-14(19-12-29-9-8-26(18)19)20(27)24-11-15-16(22)5-2-6-17(15)23/h2,5-6,10,13H,3-4,7-9,11-12H2,1H3,(H,24,27)/t13-/m0/s1. The van der Waals surface area contributed by atoms with Gasteiger partial charge in [0.15, 0.2) is 0 Å². The van der Waals surface area contributed by atoms with Crippen LogP contribution in [0.25, 0.3) is 0 Å². The van der Waals surface area contributed by atoms with Crippen molar-refractivity contribution in [1.29, 1.82) is 0 Å². The van der Waals surface area contributed by atoms with Crippen LogP contribution in [-0.2, 0) is 24.4 Å². The molecule has 1 aromatic heterocycles. The maximum absolute atomic E-state index is 14.0. The normalized spacial score (nSPS) is 18.6. The van der Waals surface area contributed by atoms with Gasteiger partial charge in [-0.3, -0.25) is 9.59 Å². The number of ether oxygens (including phenoxy) is 1. The van der Waals surface area contributed by atoms with Crippen LogP contribution in [-0.4, -0.2) is 40.5 Å². The van der Waals surface area contributed by atoms with E-state index in [1.165, 1.54) is 12.1 Å². The van der Waals surface area contributed by atoms with Crippen molar-refractivity contribution in [3.63, 3.8) is 0 Å². The number of halogens is 2. The minimum absolute atomic E-state index is 0.0394. The smallest absolute Gasteiger partial charge is 0.270 e. The topological polar surface area (TPSA) is 63.6 Å². The molecule has 1 N–H and O–H groups in total. The van der Waals surface area contributed by atoms with Gasteiger partial charge in [0.1, 0.15) is 11.5 Å². The number of hydrogen-bond donors (Lipinski definition) is 1. The highest BCUT2D eigenvalue weighted by Crippen LogP contribution is 2.26. The first-order valence-electron chi connectivity index (χ1n) is 9.79. The second kappa shape index (κ2) is 8.16. The lowest BCUT2D eigenvalue weighted by molar-refractivity contribution is 0.0684. The number of carbonyl (C=O) groups is 2. The molecule has 29 heavy (non-hydrogen) atoms. The van der Waals surface area contributed by atoms with E-state index in [1.807, 2.05) is 16.4 Å². The Morgan fingerprint density at radius 2 is 2.17 bits per heavy atom. The Balaban J connectivity index is 1.59. The predicted octanol–water partition coefficient (Wildman–Crippen LogP) is 3.37. The van der Waals surface area contributed by atoms with Crippen LogP contribution < -0.4 is 5.32 Å². The lowest BCUT2D eigenvalue weighted by atomic mass is 10.1. The molecule has 4 rings (SSSR count). The molecule has 154 valence electrons. The van der Waals surface area contributed by atoms with Gasteiger partial charge < -0.3 is 19.5 Å². The number of likely N-dealkylation sites (tertiary alicyclic amines) is 1. The third-order valence-corrected chi connectivity index (χ3v) is 6.03. The summed E-state index contributed by atoms with van der Waals surface area (Å²) in [6.45, 7) is 3.99. The van der Waals surface area contributed by atoms with Crippen LogP contribution in [0.2, 0.25) is 5.02 Å². The van der Waals surface area contributed by atoms with E-state index in [4.69, 9.17) is 16.3 Å². The monoisotopic (exact) mass is 419 g/mol. The molecule has 1 atom stereocenters. The number of rotatable bonds is 4. The largest absolute Gasteiger partial charge is 0.373 e. The first-order chi connectivity index (χ1) is 14.0. The van der Waals surface area contributed by atoms with Crippen molar-refractivity contribution in [3.8, 4) is 0 Å². The van der Waals surface area contributed by atoms with Crippen molar-refractivity contribution in [2.45, 2.75) is 45.5 Å². The summed E-state index contributed by atoms with van der Waals surface area (Å²) in [7, 11) is 0. The van der Waals surface area contributed by atoms with E-state index in [-0.39, 0.29) is 41.6 Å². The molecule has 1 saturated heterocycles. The zero-order valence-electron chi connectivity index (χ0n) is 16.2. The second-order valence-electron chi connectivity index (χ2n) is 7.47. The van der Waals surface area contributed by atoms with Crippen molar-refractivity contribution in [2.24, 2.45) is 0 Å². The van der Waals surface area contributed by atoms with Gasteiger partial charge in [-0.15, -0.1) is 0 Å². The summed E-state index contributed by atoms with van der Waals surface area (Å²) in [5.41, 5.74) is 1.79. The molecule has 2 amide bonds. The van der Waals surface area contributed by atoms with E-state index < -0.39 is 5.82 Å². The molecule has 2 aliphatic heterocycles. The molecule has 2 aliphatic rings. The van der Waals surface area contributed by atoms with E-state index >= 15 is 0 Å². The van der Waals surface area contributed by atoms with Crippen LogP contribution in [0.15, 0.2) is 24.3 Å². The summed E-state index contributed by atoms with van der Waals surface area (Å²) in [6.07, 6.45) is 1.97. The lowest BCUT2D eigenvalue weighted by Crippen LogP contribution is -2.35. The van der Waals surface area contributed by atoms with E-state index in [2.05, 4.69) is 5.32 Å². The minimum atomic E-state index is -0.473. The summed E-state index contributed by atoms with van der Waals surface area (Å²) < 4.78 is 21.4. The highest BCUT2D eigenvalue weighted by Gasteiger charge is 2.32. The maximum Gasteiger partial charge on any atom is 0.270 e. The fraction of sp³-hybridized carbons (Fsp3) is 0.429. The number of amides is 2. The van der Waals surface area contributed by atoms with Gasteiger partial charge in [-0.1, -0.05) is 17.7 Å². The Morgan fingerprint density at radius 1 is 1.34 bits per heavy atom. The third-order valence-electron chi connectivity index (χ3n) is 5.67. The number of carbonyl (C=O) groups excluding carboxylic acids is 2. The van der Waals surface area contributed by atoms with Gasteiger partial charge in [-0.25, -0.2) is 4.39 Å². The molecule has 0 unspecified atom stereocenters. The fourth-order valence-corrected chi connectivity index (χ4v) is 4.28. The number of benzene rings is 1. The molecular formula is C21H23ClFN3O3. The van der Waals surface area contributed by atoms with Crippen LogP contribution >= 0.6 is 11.6 Å². The molecule has 0 spiro atoms. The first kappa shape index (κ1) is 19.9. The molecule has 3 heterocycles. The quantitative estimate of drug-likeness (QED) is 0.826. The van der Waals surface area contributed by atoms with Crippen LogP contribution in [0.1, 0.15) is 51.9 Å². The van der Waals surface area contributed by atoms with Crippen molar-refractivity contribution < 1.29 is 18.7 Å². The van der Waals surface area contributed by atoms with Crippen LogP contribution in [0.5, 0.6) is 0 Å². The van der Waals surface area contributed by atoms with Gasteiger partial charge in [0, 0.05) is 36.3 Å². The van der Waals surface area contributed by atoms with Crippen molar-refractivity contribution in [3.05, 3.63) is 57.6 Å². The molecule has 8 heteroatoms. The van der Waals surface area contributed by atoms with E-state index in [0.717, 1.165) is 19.4 Å². The Morgan fingerprint density at radius 3 is 2.90 bits per heavy atom. The van der Waals surface area contributed by atoms with Gasteiger partial charge in [-0.05, 0) is 38.0 Å². The second-order valence-corrected chi connectivity index (χ2v) is 7.87. The summed E-state index contributed by atoms with van der Waals surface area (Å²) in [6, 6.07) is 6.22. The van der Waals surface area contributed by atoms with Gasteiger partial charge >= 0.3 is 0 Å². The summed E-state index contributed by atoms with van der Waals surface area (Å²) >= 11 is 6.04. The molecule has 0 saturated carbocycles. The molecule has 2 aromatic rings. The number of nitrogens with one attached hydrogen (secondary N) is 1. The van der Waals surface area contributed by atoms with E-state index in [1.54, 1.807) is 12.1 Å². The number of nitrogens with zero attached hydrogens (tertiary/aromatic N) is 2. The minimum Gasteiger partial charge on any atom is -0.373 e. The van der Waals surface area contributed by atoms with Crippen molar-refractivity contribution >= 4 is 23.4 Å². The number of fused-ring (bicyclic) bond motifs is 1. The summed E-state index contributed by atoms with van der Waals surface area (Å²) in [4.78, 5) is 27.8. The van der Waals surface area contributed by atoms with Crippen LogP contribution in [0, 0.1) is 5.82 Å². The molecule has 0 aliphatic carbocycles. The highest BCUT2D eigenvalue weighted by molar-refractivity contribution is 6.31. The third kappa shape index (κ3) is 3.76. The van der Waals surface area contributed by atoms with Crippen LogP contribution in [0.4, 0.5) is 4.39 Å². The first-order valence-corrected chi connectivity index (χ1v) is 10.2. The summed E-state index contributed by atoms with van der Waals surface area (Å²) in [5.74, 6) is -0.916. The molecule has 6 nitrogen and oxygen atoms in total. The van der Waals surface area contributed by atoms with Crippen molar-refractivity contribution in [1.82, 2.24) is 14.8 Å². The van der Waals surface area contributed by atoms with Gasteiger partial charge in [-0.2, -0.15) is 0 Å². The molecule has 0 bridgehead atoms. The molecular weight excluding hydrogens is 397 g/mol. The number of hydrogen-bond acceptors (Lipinski definition) is 3. The average Bonchev–Trinajstić information content (AvgIpc) is 3.31. The van der Waals surface area contributed by atoms with Crippen molar-refractivity contribution in [2.75, 3.05) is 13.2 Å². The van der Waals surface area contributed by atoms with E-state index in [0.29, 0.717) is 30.1 Å².